The van der Waals surface area contributed by atoms with Gasteiger partial charge >= 0.3 is 6.18 Å². The van der Waals surface area contributed by atoms with Gasteiger partial charge in [-0.15, -0.1) is 0 Å². The lowest BCUT2D eigenvalue weighted by molar-refractivity contribution is -0.212. The van der Waals surface area contributed by atoms with Crippen molar-refractivity contribution in [2.75, 3.05) is 19.6 Å². The lowest BCUT2D eigenvalue weighted by Crippen LogP contribution is -2.50. The highest BCUT2D eigenvalue weighted by atomic mass is 19.4. The van der Waals surface area contributed by atoms with Crippen LogP contribution in [0.5, 0.6) is 0 Å². The smallest absolute Gasteiger partial charge is 0.382 e. The van der Waals surface area contributed by atoms with E-state index in [1.165, 1.54) is 0 Å². The predicted octanol–water partition coefficient (Wildman–Crippen LogP) is 1.02. The van der Waals surface area contributed by atoms with E-state index in [4.69, 9.17) is 9.84 Å². The second-order valence-corrected chi connectivity index (χ2v) is 4.03. The molecule has 3 nitrogen and oxygen atoms in total. The molecule has 1 aliphatic heterocycles. The van der Waals surface area contributed by atoms with Gasteiger partial charge in [-0.3, -0.25) is 4.90 Å². The molecule has 1 N–H and O–H groups in total. The van der Waals surface area contributed by atoms with E-state index in [9.17, 15) is 13.2 Å². The van der Waals surface area contributed by atoms with Crippen molar-refractivity contribution < 1.29 is 23.0 Å². The maximum absolute atomic E-state index is 12.1. The molecule has 3 atom stereocenters. The maximum Gasteiger partial charge on any atom is 0.415 e. The minimum atomic E-state index is -4.54. The zero-order chi connectivity index (χ0) is 11.6. The zero-order valence-corrected chi connectivity index (χ0v) is 8.79. The molecule has 0 aromatic carbocycles. The number of aliphatic hydroxyl groups excluding tert-OH is 1. The van der Waals surface area contributed by atoms with Gasteiger partial charge in [-0.25, -0.2) is 0 Å². The first kappa shape index (κ1) is 12.7. The Labute approximate surface area is 86.8 Å². The lowest BCUT2D eigenvalue weighted by Gasteiger charge is -2.36. The Kier molecular flexibility index (Phi) is 3.97. The van der Waals surface area contributed by atoms with Gasteiger partial charge in [0.25, 0.3) is 0 Å². The molecule has 1 rings (SSSR count). The van der Waals surface area contributed by atoms with Gasteiger partial charge in [0, 0.05) is 19.6 Å². The maximum atomic E-state index is 12.1. The molecule has 0 saturated carbocycles. The average Bonchev–Trinajstić information content (AvgIpc) is 1.99. The number of halogens is 3. The van der Waals surface area contributed by atoms with Crippen LogP contribution in [-0.4, -0.2) is 54.1 Å². The Balaban J connectivity index is 2.44. The van der Waals surface area contributed by atoms with Crippen LogP contribution in [0.1, 0.15) is 13.8 Å². The SMILES string of the molecule is C[C@@H]1CN(C[C@@H](O)C(F)(F)F)C[C@@H](C)O1. The van der Waals surface area contributed by atoms with E-state index in [0.29, 0.717) is 13.1 Å². The first-order valence-corrected chi connectivity index (χ1v) is 4.91. The first-order chi connectivity index (χ1) is 6.79. The molecule has 1 aliphatic rings. The number of rotatable bonds is 2. The van der Waals surface area contributed by atoms with Crippen LogP contribution < -0.4 is 0 Å². The number of ether oxygens (including phenoxy) is 1. The van der Waals surface area contributed by atoms with Gasteiger partial charge < -0.3 is 9.84 Å². The largest absolute Gasteiger partial charge is 0.415 e. The van der Waals surface area contributed by atoms with Crippen LogP contribution >= 0.6 is 0 Å². The zero-order valence-electron chi connectivity index (χ0n) is 8.79. The van der Waals surface area contributed by atoms with E-state index in [0.717, 1.165) is 0 Å². The van der Waals surface area contributed by atoms with Crippen molar-refractivity contribution in [1.82, 2.24) is 4.90 Å². The van der Waals surface area contributed by atoms with Crippen molar-refractivity contribution in [3.05, 3.63) is 0 Å². The second-order valence-electron chi connectivity index (χ2n) is 4.03. The van der Waals surface area contributed by atoms with Gasteiger partial charge in [-0.2, -0.15) is 13.2 Å². The van der Waals surface area contributed by atoms with Crippen LogP contribution in [0.25, 0.3) is 0 Å². The molecule has 1 heterocycles. The highest BCUT2D eigenvalue weighted by molar-refractivity contribution is 4.77. The van der Waals surface area contributed by atoms with E-state index in [2.05, 4.69) is 0 Å². The quantitative estimate of drug-likeness (QED) is 0.764. The normalized spacial score (nSPS) is 31.6. The summed E-state index contributed by atoms with van der Waals surface area (Å²) in [4.78, 5) is 1.58. The van der Waals surface area contributed by atoms with Crippen molar-refractivity contribution in [1.29, 1.82) is 0 Å². The summed E-state index contributed by atoms with van der Waals surface area (Å²) in [5.41, 5.74) is 0. The summed E-state index contributed by atoms with van der Waals surface area (Å²) in [6, 6.07) is 0. The fourth-order valence-corrected chi connectivity index (χ4v) is 1.78. The third-order valence-corrected chi connectivity index (χ3v) is 2.30. The monoisotopic (exact) mass is 227 g/mol. The molecule has 15 heavy (non-hydrogen) atoms. The number of hydrogen-bond donors (Lipinski definition) is 1. The number of β-amino-alcohol motifs (C(OH)–C–C–N with tert-alkyl or cyclic N) is 1. The van der Waals surface area contributed by atoms with Crippen molar-refractivity contribution in [2.45, 2.75) is 38.3 Å². The van der Waals surface area contributed by atoms with Gasteiger partial charge in [0.1, 0.15) is 0 Å². The number of alkyl halides is 3. The molecular weight excluding hydrogens is 211 g/mol. The number of morpholine rings is 1. The summed E-state index contributed by atoms with van der Waals surface area (Å²) in [7, 11) is 0. The lowest BCUT2D eigenvalue weighted by atomic mass is 10.2. The molecule has 0 spiro atoms. The van der Waals surface area contributed by atoms with Gasteiger partial charge in [-0.1, -0.05) is 0 Å². The summed E-state index contributed by atoms with van der Waals surface area (Å²) in [5.74, 6) is 0. The number of aliphatic hydroxyl groups is 1. The van der Waals surface area contributed by atoms with Crippen LogP contribution in [0.15, 0.2) is 0 Å². The van der Waals surface area contributed by atoms with E-state index in [1.807, 2.05) is 13.8 Å². The summed E-state index contributed by atoms with van der Waals surface area (Å²) in [6.45, 7) is 4.10. The van der Waals surface area contributed by atoms with Crippen molar-refractivity contribution in [2.24, 2.45) is 0 Å². The van der Waals surface area contributed by atoms with Crippen LogP contribution in [-0.2, 0) is 4.74 Å². The molecule has 1 saturated heterocycles. The fourth-order valence-electron chi connectivity index (χ4n) is 1.78. The fraction of sp³-hybridized carbons (Fsp3) is 1.00. The highest BCUT2D eigenvalue weighted by Gasteiger charge is 2.40. The third kappa shape index (κ3) is 3.96. The molecule has 6 heteroatoms. The van der Waals surface area contributed by atoms with Gasteiger partial charge in [-0.05, 0) is 13.8 Å². The number of hydrogen-bond acceptors (Lipinski definition) is 3. The molecule has 0 aliphatic carbocycles. The molecule has 0 aromatic rings. The minimum Gasteiger partial charge on any atom is -0.382 e. The van der Waals surface area contributed by atoms with Gasteiger partial charge in [0.15, 0.2) is 6.10 Å². The second kappa shape index (κ2) is 4.67. The van der Waals surface area contributed by atoms with Crippen LogP contribution in [0.2, 0.25) is 0 Å². The first-order valence-electron chi connectivity index (χ1n) is 4.91. The van der Waals surface area contributed by atoms with Crippen molar-refractivity contribution in [3.8, 4) is 0 Å². The summed E-state index contributed by atoms with van der Waals surface area (Å²) in [6.07, 6.45) is -6.98. The van der Waals surface area contributed by atoms with E-state index >= 15 is 0 Å². The third-order valence-electron chi connectivity index (χ3n) is 2.30. The molecule has 1 fully saturated rings. The topological polar surface area (TPSA) is 32.7 Å². The Morgan fingerprint density at radius 1 is 1.33 bits per heavy atom. The standard InChI is InChI=1S/C9H16F3NO2/c1-6-3-13(4-7(2)15-6)5-8(14)9(10,11)12/h6-8,14H,3-5H2,1-2H3/t6-,7-,8-/m1/s1. The highest BCUT2D eigenvalue weighted by Crippen LogP contribution is 2.22. The predicted molar refractivity (Wildman–Crippen MR) is 48.5 cm³/mol. The van der Waals surface area contributed by atoms with E-state index in [1.54, 1.807) is 4.90 Å². The number of nitrogens with zero attached hydrogens (tertiary/aromatic N) is 1. The molecule has 0 aromatic heterocycles. The summed E-state index contributed by atoms with van der Waals surface area (Å²) >= 11 is 0. The summed E-state index contributed by atoms with van der Waals surface area (Å²) in [5, 5.41) is 8.90. The molecular formula is C9H16F3NO2. The van der Waals surface area contributed by atoms with Crippen LogP contribution in [0, 0.1) is 0 Å². The van der Waals surface area contributed by atoms with Crippen LogP contribution in [0.3, 0.4) is 0 Å². The average molecular weight is 227 g/mol. The van der Waals surface area contributed by atoms with E-state index < -0.39 is 12.3 Å². The molecule has 0 bridgehead atoms. The molecule has 0 unspecified atom stereocenters. The Morgan fingerprint density at radius 3 is 2.20 bits per heavy atom. The van der Waals surface area contributed by atoms with Gasteiger partial charge in [0.05, 0.1) is 12.2 Å². The minimum absolute atomic E-state index is 0.0887. The Hall–Kier alpha value is -0.330. The van der Waals surface area contributed by atoms with Crippen molar-refractivity contribution in [3.63, 3.8) is 0 Å². The Bertz CT molecular complexity index is 200. The van der Waals surface area contributed by atoms with Crippen LogP contribution in [0.4, 0.5) is 13.2 Å². The Morgan fingerprint density at radius 2 is 1.80 bits per heavy atom. The molecule has 0 radical (unpaired) electrons. The van der Waals surface area contributed by atoms with E-state index in [-0.39, 0.29) is 18.8 Å². The molecule has 0 amide bonds. The van der Waals surface area contributed by atoms with Crippen molar-refractivity contribution >= 4 is 0 Å². The van der Waals surface area contributed by atoms with Gasteiger partial charge in [0.2, 0.25) is 0 Å². The summed E-state index contributed by atoms with van der Waals surface area (Å²) < 4.78 is 41.7. The molecule has 90 valence electrons.